The third-order valence-corrected chi connectivity index (χ3v) is 5.68. The fraction of sp³-hybridized carbons (Fsp3) is 0.316. The van der Waals surface area contributed by atoms with Crippen LogP contribution in [0.4, 0.5) is 0 Å². The molecule has 0 spiro atoms. The Hall–Kier alpha value is -2.27. The molecule has 3 aromatic rings. The lowest BCUT2D eigenvalue weighted by Gasteiger charge is -2.22. The predicted octanol–water partition coefficient (Wildman–Crippen LogP) is 3.67. The zero-order valence-electron chi connectivity index (χ0n) is 13.9. The van der Waals surface area contributed by atoms with Crippen LogP contribution in [-0.4, -0.2) is 29.4 Å². The minimum atomic E-state index is 0.184. The standard InChI is InChI=1S/C19H20N2O2S/c1-12-14-7-8-21(18(22)10-13-4-3-9-24-13)11-15-17(23-2)6-5-16(20-12)19(14)15/h3-6,9,20H,7-8,10-11H2,1-2H3. The van der Waals surface area contributed by atoms with Crippen LogP contribution in [0.15, 0.2) is 29.6 Å². The highest BCUT2D eigenvalue weighted by molar-refractivity contribution is 7.10. The zero-order valence-corrected chi connectivity index (χ0v) is 14.7. The molecule has 1 aliphatic heterocycles. The van der Waals surface area contributed by atoms with Crippen molar-refractivity contribution in [3.63, 3.8) is 0 Å². The quantitative estimate of drug-likeness (QED) is 0.791. The number of nitrogens with zero attached hydrogens (tertiary/aromatic N) is 1. The number of carbonyl (C=O) groups excluding carboxylic acids is 1. The number of benzene rings is 1. The fourth-order valence-corrected chi connectivity index (χ4v) is 4.30. The van der Waals surface area contributed by atoms with E-state index < -0.39 is 0 Å². The van der Waals surface area contributed by atoms with Crippen LogP contribution in [0.3, 0.4) is 0 Å². The third-order valence-electron chi connectivity index (χ3n) is 4.81. The van der Waals surface area contributed by atoms with Crippen LogP contribution >= 0.6 is 11.3 Å². The van der Waals surface area contributed by atoms with Crippen LogP contribution in [-0.2, 0) is 24.2 Å². The third kappa shape index (κ3) is 2.49. The van der Waals surface area contributed by atoms with E-state index in [1.165, 1.54) is 16.6 Å². The number of thiophene rings is 1. The number of aryl methyl sites for hydroxylation is 1. The van der Waals surface area contributed by atoms with Gasteiger partial charge in [0.1, 0.15) is 5.75 Å². The molecule has 0 saturated carbocycles. The van der Waals surface area contributed by atoms with Crippen molar-refractivity contribution in [3.8, 4) is 5.75 Å². The van der Waals surface area contributed by atoms with Crippen molar-refractivity contribution >= 4 is 28.1 Å². The maximum Gasteiger partial charge on any atom is 0.228 e. The van der Waals surface area contributed by atoms with Gasteiger partial charge >= 0.3 is 0 Å². The van der Waals surface area contributed by atoms with Crippen molar-refractivity contribution in [1.82, 2.24) is 9.88 Å². The van der Waals surface area contributed by atoms with Crippen LogP contribution in [0.2, 0.25) is 0 Å². The van der Waals surface area contributed by atoms with E-state index in [4.69, 9.17) is 4.74 Å². The second-order valence-electron chi connectivity index (χ2n) is 6.22. The zero-order chi connectivity index (χ0) is 16.7. The summed E-state index contributed by atoms with van der Waals surface area (Å²) >= 11 is 1.64. The summed E-state index contributed by atoms with van der Waals surface area (Å²) < 4.78 is 5.58. The molecule has 2 aromatic heterocycles. The van der Waals surface area contributed by atoms with Gasteiger partial charge in [-0.3, -0.25) is 4.79 Å². The number of ether oxygens (including phenoxy) is 1. The average Bonchev–Trinajstić information content (AvgIpc) is 3.12. The normalized spacial score (nSPS) is 14.0. The molecular weight excluding hydrogens is 320 g/mol. The van der Waals surface area contributed by atoms with Crippen molar-refractivity contribution in [3.05, 3.63) is 51.3 Å². The highest BCUT2D eigenvalue weighted by Crippen LogP contribution is 2.35. The smallest absolute Gasteiger partial charge is 0.228 e. The Balaban J connectivity index is 1.71. The molecular formula is C19H20N2O2S. The van der Waals surface area contributed by atoms with Crippen LogP contribution in [0.1, 0.15) is 21.7 Å². The topological polar surface area (TPSA) is 45.3 Å². The van der Waals surface area contributed by atoms with Gasteiger partial charge in [-0.2, -0.15) is 0 Å². The van der Waals surface area contributed by atoms with Gasteiger partial charge in [-0.1, -0.05) is 6.07 Å². The summed E-state index contributed by atoms with van der Waals surface area (Å²) in [4.78, 5) is 19.3. The Labute approximate surface area is 145 Å². The van der Waals surface area contributed by atoms with Gasteiger partial charge in [0.25, 0.3) is 0 Å². The molecule has 0 aliphatic carbocycles. The van der Waals surface area contributed by atoms with E-state index in [1.54, 1.807) is 18.4 Å². The number of hydrogen-bond acceptors (Lipinski definition) is 3. The summed E-state index contributed by atoms with van der Waals surface area (Å²) in [6.07, 6.45) is 1.35. The molecule has 3 heterocycles. The van der Waals surface area contributed by atoms with Crippen molar-refractivity contribution in [2.45, 2.75) is 26.3 Å². The lowest BCUT2D eigenvalue weighted by Crippen LogP contribution is -2.32. The monoisotopic (exact) mass is 340 g/mol. The number of H-pyrrole nitrogens is 1. The van der Waals surface area contributed by atoms with E-state index in [0.29, 0.717) is 13.0 Å². The molecule has 24 heavy (non-hydrogen) atoms. The van der Waals surface area contributed by atoms with Gasteiger partial charge in [-0.05, 0) is 42.5 Å². The number of methoxy groups -OCH3 is 1. The number of hydrogen-bond donors (Lipinski definition) is 1. The molecule has 0 saturated heterocycles. The first-order chi connectivity index (χ1) is 11.7. The van der Waals surface area contributed by atoms with Crippen LogP contribution in [0.5, 0.6) is 5.75 Å². The van der Waals surface area contributed by atoms with Crippen molar-refractivity contribution < 1.29 is 9.53 Å². The van der Waals surface area contributed by atoms with E-state index in [2.05, 4.69) is 18.0 Å². The predicted molar refractivity (Wildman–Crippen MR) is 96.7 cm³/mol. The highest BCUT2D eigenvalue weighted by atomic mass is 32.1. The molecule has 0 fully saturated rings. The highest BCUT2D eigenvalue weighted by Gasteiger charge is 2.25. The van der Waals surface area contributed by atoms with E-state index >= 15 is 0 Å². The Bertz CT molecular complexity index is 896. The van der Waals surface area contributed by atoms with Crippen molar-refractivity contribution in [1.29, 1.82) is 0 Å². The second kappa shape index (κ2) is 5.98. The van der Waals surface area contributed by atoms with Crippen LogP contribution in [0.25, 0.3) is 10.9 Å². The fourth-order valence-electron chi connectivity index (χ4n) is 3.61. The minimum absolute atomic E-state index is 0.184. The summed E-state index contributed by atoms with van der Waals surface area (Å²) in [5, 5.41) is 3.25. The van der Waals surface area contributed by atoms with Gasteiger partial charge in [0.05, 0.1) is 13.5 Å². The molecule has 4 rings (SSSR count). The lowest BCUT2D eigenvalue weighted by molar-refractivity contribution is -0.131. The van der Waals surface area contributed by atoms with Crippen LogP contribution < -0.4 is 4.74 Å². The number of carbonyl (C=O) groups is 1. The molecule has 1 amide bonds. The van der Waals surface area contributed by atoms with Crippen molar-refractivity contribution in [2.75, 3.05) is 13.7 Å². The van der Waals surface area contributed by atoms with E-state index in [9.17, 15) is 4.79 Å². The average molecular weight is 340 g/mol. The molecule has 0 bridgehead atoms. The number of nitrogens with one attached hydrogen (secondary N) is 1. The molecule has 124 valence electrons. The molecule has 1 aromatic carbocycles. The first-order valence-corrected chi connectivity index (χ1v) is 9.02. The maximum absolute atomic E-state index is 12.8. The van der Waals surface area contributed by atoms with Gasteiger partial charge < -0.3 is 14.6 Å². The Morgan fingerprint density at radius 3 is 2.96 bits per heavy atom. The summed E-state index contributed by atoms with van der Waals surface area (Å²) in [5.41, 5.74) is 4.75. The summed E-state index contributed by atoms with van der Waals surface area (Å²) in [5.74, 6) is 1.04. The number of amides is 1. The van der Waals surface area contributed by atoms with Crippen LogP contribution in [0, 0.1) is 6.92 Å². The first-order valence-electron chi connectivity index (χ1n) is 8.14. The molecule has 0 atom stereocenters. The molecule has 5 heteroatoms. The molecule has 0 radical (unpaired) electrons. The van der Waals surface area contributed by atoms with E-state index in [-0.39, 0.29) is 5.91 Å². The maximum atomic E-state index is 12.8. The Morgan fingerprint density at radius 1 is 1.33 bits per heavy atom. The number of rotatable bonds is 3. The van der Waals surface area contributed by atoms with E-state index in [1.807, 2.05) is 28.5 Å². The van der Waals surface area contributed by atoms with Crippen molar-refractivity contribution in [2.24, 2.45) is 0 Å². The summed E-state index contributed by atoms with van der Waals surface area (Å²) in [6, 6.07) is 8.08. The lowest BCUT2D eigenvalue weighted by atomic mass is 10.0. The molecule has 1 N–H and O–H groups in total. The Kier molecular flexibility index (Phi) is 3.81. The first kappa shape index (κ1) is 15.3. The van der Waals surface area contributed by atoms with Gasteiger partial charge in [0.15, 0.2) is 0 Å². The number of aromatic nitrogens is 1. The minimum Gasteiger partial charge on any atom is -0.496 e. The summed E-state index contributed by atoms with van der Waals surface area (Å²) in [6.45, 7) is 3.46. The molecule has 1 aliphatic rings. The molecule has 0 unspecified atom stereocenters. The van der Waals surface area contributed by atoms with Gasteiger partial charge in [0.2, 0.25) is 5.91 Å². The van der Waals surface area contributed by atoms with Gasteiger partial charge in [-0.15, -0.1) is 11.3 Å². The van der Waals surface area contributed by atoms with Gasteiger partial charge in [-0.25, -0.2) is 0 Å². The number of aromatic amines is 1. The second-order valence-corrected chi connectivity index (χ2v) is 7.25. The largest absolute Gasteiger partial charge is 0.496 e. The summed E-state index contributed by atoms with van der Waals surface area (Å²) in [7, 11) is 1.69. The van der Waals surface area contributed by atoms with Gasteiger partial charge in [0, 0.05) is 40.1 Å². The SMILES string of the molecule is COc1ccc2[nH]c(C)c3c2c1CN(C(=O)Cc1cccs1)CC3. The van der Waals surface area contributed by atoms with E-state index in [0.717, 1.165) is 34.7 Å². The Morgan fingerprint density at radius 2 is 2.21 bits per heavy atom. The molecule has 4 nitrogen and oxygen atoms in total.